The first-order valence-electron chi connectivity index (χ1n) is 30.1. The van der Waals surface area contributed by atoms with Crippen LogP contribution in [0.3, 0.4) is 0 Å². The molecule has 0 aromatic carbocycles. The molecule has 0 aliphatic carbocycles. The van der Waals surface area contributed by atoms with Gasteiger partial charge in [0, 0.05) is 12.8 Å². The summed E-state index contributed by atoms with van der Waals surface area (Å²) in [6, 6.07) is -0.580. The normalized spacial score (nSPS) is 12.7. The third-order valence-electron chi connectivity index (χ3n) is 14.0. The van der Waals surface area contributed by atoms with E-state index in [0.717, 1.165) is 70.6 Å². The molecule has 0 saturated heterocycles. The summed E-state index contributed by atoms with van der Waals surface area (Å²) in [7, 11) is 0. The average molecular weight is 945 g/mol. The van der Waals surface area contributed by atoms with E-state index >= 15 is 0 Å². The minimum Gasteiger partial charge on any atom is -0.466 e. The van der Waals surface area contributed by atoms with E-state index in [-0.39, 0.29) is 18.5 Å². The lowest BCUT2D eigenvalue weighted by Crippen LogP contribution is -2.45. The van der Waals surface area contributed by atoms with Crippen LogP contribution < -0.4 is 5.32 Å². The minimum atomic E-state index is -0.697. The lowest BCUT2D eigenvalue weighted by Gasteiger charge is -2.22. The van der Waals surface area contributed by atoms with Gasteiger partial charge in [-0.05, 0) is 70.6 Å². The first kappa shape index (κ1) is 65.3. The van der Waals surface area contributed by atoms with Crippen LogP contribution in [-0.4, -0.2) is 47.4 Å². The van der Waals surface area contributed by atoms with Gasteiger partial charge < -0.3 is 20.3 Å². The Kier molecular flexibility index (Phi) is 55.5. The summed E-state index contributed by atoms with van der Waals surface area (Å²) in [5.74, 6) is -0.130. The maximum Gasteiger partial charge on any atom is 0.305 e. The van der Waals surface area contributed by atoms with E-state index < -0.39 is 12.1 Å². The number of amides is 1. The van der Waals surface area contributed by atoms with Crippen molar-refractivity contribution in [3.63, 3.8) is 0 Å². The Hall–Kier alpha value is -1.66. The van der Waals surface area contributed by atoms with Gasteiger partial charge in [0.05, 0.1) is 25.4 Å². The van der Waals surface area contributed by atoms with Gasteiger partial charge in [0.2, 0.25) is 5.91 Å². The number of allylic oxidation sites excluding steroid dienone is 4. The predicted octanol–water partition coefficient (Wildman–Crippen LogP) is 18.6. The number of carbonyl (C=O) groups excluding carboxylic acids is 2. The van der Waals surface area contributed by atoms with Crippen LogP contribution in [0.25, 0.3) is 0 Å². The number of ether oxygens (including phenoxy) is 1. The Morgan fingerprint density at radius 2 is 0.716 bits per heavy atom. The molecule has 0 heterocycles. The fraction of sp³-hybridized carbons (Fsp3) is 0.902. The van der Waals surface area contributed by atoms with Crippen LogP contribution in [-0.2, 0) is 14.3 Å². The number of unbranched alkanes of at least 4 members (excludes halogenated alkanes) is 41. The largest absolute Gasteiger partial charge is 0.466 e. The summed E-state index contributed by atoms with van der Waals surface area (Å²) in [5.41, 5.74) is 0. The zero-order chi connectivity index (χ0) is 48.6. The van der Waals surface area contributed by atoms with Gasteiger partial charge in [-0.2, -0.15) is 0 Å². The molecule has 3 N–H and O–H groups in total. The van der Waals surface area contributed by atoms with E-state index in [1.807, 2.05) is 0 Å². The van der Waals surface area contributed by atoms with Crippen molar-refractivity contribution in [1.82, 2.24) is 5.32 Å². The zero-order valence-corrected chi connectivity index (χ0v) is 45.1. The highest BCUT2D eigenvalue weighted by molar-refractivity contribution is 5.76. The molecule has 0 aliphatic rings. The highest BCUT2D eigenvalue weighted by atomic mass is 16.5. The van der Waals surface area contributed by atoms with E-state index in [9.17, 15) is 19.8 Å². The van der Waals surface area contributed by atoms with Gasteiger partial charge >= 0.3 is 5.97 Å². The topological polar surface area (TPSA) is 95.9 Å². The highest BCUT2D eigenvalue weighted by Crippen LogP contribution is 2.17. The summed E-state index contributed by atoms with van der Waals surface area (Å²) in [5, 5.41) is 23.3. The second-order valence-corrected chi connectivity index (χ2v) is 20.7. The Labute approximate surface area is 418 Å². The lowest BCUT2D eigenvalue weighted by atomic mass is 10.0. The van der Waals surface area contributed by atoms with Crippen molar-refractivity contribution in [3.8, 4) is 0 Å². The zero-order valence-electron chi connectivity index (χ0n) is 45.1. The van der Waals surface area contributed by atoms with E-state index in [2.05, 4.69) is 43.5 Å². The predicted molar refractivity (Wildman–Crippen MR) is 292 cm³/mol. The number of esters is 1. The monoisotopic (exact) mass is 944 g/mol. The van der Waals surface area contributed by atoms with E-state index in [1.165, 1.54) is 225 Å². The molecule has 2 unspecified atom stereocenters. The summed E-state index contributed by atoms with van der Waals surface area (Å²) in [6.45, 7) is 4.88. The molecule has 2 atom stereocenters. The maximum atomic E-state index is 12.5. The van der Waals surface area contributed by atoms with Gasteiger partial charge in [0.25, 0.3) is 0 Å². The van der Waals surface area contributed by atoms with Crippen LogP contribution in [0.4, 0.5) is 0 Å². The molecule has 67 heavy (non-hydrogen) atoms. The number of hydrogen-bond donors (Lipinski definition) is 3. The van der Waals surface area contributed by atoms with Crippen LogP contribution in [0.2, 0.25) is 0 Å². The minimum absolute atomic E-state index is 0.0375. The fourth-order valence-corrected chi connectivity index (χ4v) is 9.35. The molecule has 0 aliphatic heterocycles. The molecule has 0 spiro atoms. The summed E-state index contributed by atoms with van der Waals surface area (Å²) < 4.78 is 5.46. The second kappa shape index (κ2) is 56.9. The van der Waals surface area contributed by atoms with E-state index in [1.54, 1.807) is 0 Å². The van der Waals surface area contributed by atoms with Crippen molar-refractivity contribution in [2.75, 3.05) is 13.2 Å². The third-order valence-corrected chi connectivity index (χ3v) is 14.0. The van der Waals surface area contributed by atoms with Crippen LogP contribution in [0.5, 0.6) is 0 Å². The summed E-state index contributed by atoms with van der Waals surface area (Å²) in [4.78, 5) is 24.6. The van der Waals surface area contributed by atoms with Gasteiger partial charge in [-0.25, -0.2) is 0 Å². The molecule has 0 fully saturated rings. The molecular weight excluding hydrogens is 827 g/mol. The molecule has 0 radical (unpaired) electrons. The van der Waals surface area contributed by atoms with Crippen molar-refractivity contribution in [2.24, 2.45) is 0 Å². The average Bonchev–Trinajstić information content (AvgIpc) is 3.33. The van der Waals surface area contributed by atoms with Crippen LogP contribution in [0, 0.1) is 0 Å². The van der Waals surface area contributed by atoms with Crippen molar-refractivity contribution >= 4 is 11.9 Å². The standard InChI is InChI=1S/C61H117NO5/c1-3-5-7-9-11-13-15-17-19-21-23-24-25-26-27-28-30-32-34-37-41-45-49-53-59(64)58(57-63)62-60(65)54-50-46-42-38-36-40-44-48-52-56-67-61(66)55-51-47-43-39-35-33-31-29-22-20-18-16-14-12-10-8-6-4-2/h20,22,38,42,58-59,63-64H,3-19,21,23-37,39-41,43-57H2,1-2H3,(H,62,65)/b22-20-,42-38-. The van der Waals surface area contributed by atoms with Crippen LogP contribution >= 0.6 is 0 Å². The second-order valence-electron chi connectivity index (χ2n) is 20.7. The SMILES string of the molecule is CCCCCCCCC/C=C\CCCCCCCCCC(=O)OCCCCCC/C=C\CCCC(=O)NC(CO)C(O)CCCCCCCCCCCCCCCCCCCCCCCCC. The summed E-state index contributed by atoms with van der Waals surface area (Å²) in [6.07, 6.45) is 69.0. The quantitative estimate of drug-likeness (QED) is 0.0321. The maximum absolute atomic E-state index is 12.5. The molecule has 0 rings (SSSR count). The first-order chi connectivity index (χ1) is 33.0. The van der Waals surface area contributed by atoms with Crippen LogP contribution in [0.15, 0.2) is 24.3 Å². The summed E-state index contributed by atoms with van der Waals surface area (Å²) >= 11 is 0. The Bertz CT molecular complexity index is 1040. The molecule has 0 saturated carbocycles. The van der Waals surface area contributed by atoms with Crippen molar-refractivity contribution in [1.29, 1.82) is 0 Å². The van der Waals surface area contributed by atoms with Gasteiger partial charge in [-0.1, -0.05) is 269 Å². The molecule has 6 heteroatoms. The van der Waals surface area contributed by atoms with Crippen LogP contribution in [0.1, 0.15) is 328 Å². The number of rotatable bonds is 56. The van der Waals surface area contributed by atoms with Crippen molar-refractivity contribution in [3.05, 3.63) is 24.3 Å². The molecular formula is C61H117NO5. The van der Waals surface area contributed by atoms with Gasteiger partial charge in [-0.3, -0.25) is 9.59 Å². The molecule has 6 nitrogen and oxygen atoms in total. The number of aliphatic hydroxyl groups is 2. The lowest BCUT2D eigenvalue weighted by molar-refractivity contribution is -0.143. The van der Waals surface area contributed by atoms with Crippen molar-refractivity contribution in [2.45, 2.75) is 341 Å². The number of hydrogen-bond acceptors (Lipinski definition) is 5. The molecule has 0 aromatic rings. The van der Waals surface area contributed by atoms with Gasteiger partial charge in [0.1, 0.15) is 0 Å². The molecule has 0 aromatic heterocycles. The number of nitrogens with one attached hydrogen (secondary N) is 1. The Morgan fingerprint density at radius 3 is 1.09 bits per heavy atom. The van der Waals surface area contributed by atoms with E-state index in [0.29, 0.717) is 25.9 Å². The smallest absolute Gasteiger partial charge is 0.305 e. The van der Waals surface area contributed by atoms with E-state index in [4.69, 9.17) is 4.74 Å². The number of carbonyl (C=O) groups is 2. The molecule has 1 amide bonds. The van der Waals surface area contributed by atoms with Gasteiger partial charge in [-0.15, -0.1) is 0 Å². The molecule has 0 bridgehead atoms. The number of aliphatic hydroxyl groups excluding tert-OH is 2. The van der Waals surface area contributed by atoms with Crippen molar-refractivity contribution < 1.29 is 24.5 Å². The third kappa shape index (κ3) is 53.5. The molecule has 396 valence electrons. The first-order valence-corrected chi connectivity index (χ1v) is 30.1. The Morgan fingerprint density at radius 1 is 0.403 bits per heavy atom. The highest BCUT2D eigenvalue weighted by Gasteiger charge is 2.20. The fourth-order valence-electron chi connectivity index (χ4n) is 9.35. The Balaban J connectivity index is 3.50. The van der Waals surface area contributed by atoms with Gasteiger partial charge in [0.15, 0.2) is 0 Å².